The van der Waals surface area contributed by atoms with E-state index in [4.69, 9.17) is 8.22 Å². The second kappa shape index (κ2) is 2.87. The quantitative estimate of drug-likeness (QED) is 0.245. The summed E-state index contributed by atoms with van der Waals surface area (Å²) in [5, 5.41) is 0. The average Bonchev–Trinajstić information content (AvgIpc) is 2.68. The molecule has 2 aliphatic heterocycles. The fourth-order valence-electron chi connectivity index (χ4n) is 0.447. The maximum Gasteiger partial charge on any atom is 1.00 e. The van der Waals surface area contributed by atoms with Crippen molar-refractivity contribution in [2.75, 3.05) is 26.0 Å². The van der Waals surface area contributed by atoms with Gasteiger partial charge in [0.1, 0.15) is 7.67 Å². The molecule has 4 unspecified atom stereocenters. The van der Waals surface area contributed by atoms with Gasteiger partial charge < -0.3 is 9.46 Å². The van der Waals surface area contributed by atoms with Crippen molar-refractivity contribution in [1.82, 2.24) is 9.34 Å². The number of hydrogen-bond acceptors (Lipinski definition) is 2. The van der Waals surface area contributed by atoms with E-state index in [1.807, 2.05) is 0 Å². The summed E-state index contributed by atoms with van der Waals surface area (Å²) in [7, 11) is -4.68. The fraction of sp³-hybridized carbons (Fsp3) is 1.00. The SMILES string of the molecule is [2H]C1N(P(=O)([O-])N2C([2H])C2([2H])[2H])C1([2H])[2H].[Na+]. The summed E-state index contributed by atoms with van der Waals surface area (Å²) in [6, 6.07) is 0. The van der Waals surface area contributed by atoms with E-state index in [1.165, 1.54) is 0 Å². The van der Waals surface area contributed by atoms with Crippen molar-refractivity contribution in [1.29, 1.82) is 0 Å². The van der Waals surface area contributed by atoms with Gasteiger partial charge in [-0.25, -0.2) is 9.34 Å². The predicted molar refractivity (Wildman–Crippen MR) is 30.8 cm³/mol. The maximum atomic E-state index is 11.6. The summed E-state index contributed by atoms with van der Waals surface area (Å²) in [4.78, 5) is 11.6. The molecule has 0 aromatic carbocycles. The second-order valence-corrected chi connectivity index (χ2v) is 3.54. The molecule has 2 heterocycles. The normalized spacial score (nSPS) is 74.9. The molecule has 2 fully saturated rings. The van der Waals surface area contributed by atoms with Gasteiger partial charge in [0, 0.05) is 34.3 Å². The predicted octanol–water partition coefficient (Wildman–Crippen LogP) is -3.91. The average molecular weight is 176 g/mol. The Morgan fingerprint density at radius 1 is 1.40 bits per heavy atom. The molecule has 52 valence electrons. The molecular formula is C4H8N2NaO2P. The molecule has 10 heavy (non-hydrogen) atoms. The zero-order valence-electron chi connectivity index (χ0n) is 11.3. The Labute approximate surface area is 90.5 Å². The smallest absolute Gasteiger partial charge is 0.776 e. The van der Waals surface area contributed by atoms with Crippen molar-refractivity contribution in [3.05, 3.63) is 0 Å². The largest absolute Gasteiger partial charge is 1.00 e. The Kier molecular flexibility index (Phi) is 1.11. The number of rotatable bonds is 2. The van der Waals surface area contributed by atoms with Gasteiger partial charge in [0.05, 0.1) is 0 Å². The van der Waals surface area contributed by atoms with Gasteiger partial charge in [-0.2, -0.15) is 0 Å². The van der Waals surface area contributed by atoms with E-state index in [1.54, 1.807) is 0 Å². The van der Waals surface area contributed by atoms with Crippen molar-refractivity contribution < 1.29 is 47.2 Å². The molecule has 2 aliphatic rings. The van der Waals surface area contributed by atoms with Crippen molar-refractivity contribution in [2.45, 2.75) is 0 Å². The molecule has 4 nitrogen and oxygen atoms in total. The van der Waals surface area contributed by atoms with Gasteiger partial charge in [0.15, 0.2) is 0 Å². The van der Waals surface area contributed by atoms with Crippen LogP contribution in [0.4, 0.5) is 0 Å². The van der Waals surface area contributed by atoms with Crippen LogP contribution in [0, 0.1) is 0 Å². The molecule has 4 atom stereocenters. The monoisotopic (exact) mass is 176 g/mol. The zero-order valence-corrected chi connectivity index (χ0v) is 8.21. The Morgan fingerprint density at radius 3 is 1.90 bits per heavy atom. The van der Waals surface area contributed by atoms with Crippen LogP contribution in [0.2, 0.25) is 0 Å². The summed E-state index contributed by atoms with van der Waals surface area (Å²) >= 11 is 0. The van der Waals surface area contributed by atoms with Gasteiger partial charge >= 0.3 is 29.6 Å². The van der Waals surface area contributed by atoms with E-state index < -0.39 is 33.7 Å². The third-order valence-corrected chi connectivity index (χ3v) is 2.58. The van der Waals surface area contributed by atoms with Crippen LogP contribution in [0.25, 0.3) is 0 Å². The molecular weight excluding hydrogens is 162 g/mol. The molecule has 0 amide bonds. The van der Waals surface area contributed by atoms with Gasteiger partial charge in [-0.1, -0.05) is 0 Å². The third kappa shape index (κ3) is 1.64. The van der Waals surface area contributed by atoms with Crippen LogP contribution < -0.4 is 34.5 Å². The zero-order chi connectivity index (χ0) is 11.8. The minimum atomic E-state index is -4.68. The summed E-state index contributed by atoms with van der Waals surface area (Å²) in [5.41, 5.74) is 0. The first-order chi connectivity index (χ1) is 6.55. The van der Waals surface area contributed by atoms with Gasteiger partial charge in [0.2, 0.25) is 0 Å². The molecule has 0 saturated carbocycles. The topological polar surface area (TPSA) is 46.1 Å². The minimum Gasteiger partial charge on any atom is -0.776 e. The van der Waals surface area contributed by atoms with Gasteiger partial charge in [-0.3, -0.25) is 0 Å². The molecule has 0 N–H and O–H groups in total. The van der Waals surface area contributed by atoms with Gasteiger partial charge in [0.25, 0.3) is 0 Å². The summed E-state index contributed by atoms with van der Waals surface area (Å²) in [6.45, 7) is -7.64. The molecule has 0 aromatic heterocycles. The molecule has 6 heteroatoms. The Balaban J connectivity index is 0.00000128. The van der Waals surface area contributed by atoms with Crippen LogP contribution in [0.1, 0.15) is 8.22 Å². The summed E-state index contributed by atoms with van der Waals surface area (Å²) < 4.78 is 54.7. The van der Waals surface area contributed by atoms with Crippen LogP contribution in [-0.2, 0) is 4.57 Å². The van der Waals surface area contributed by atoms with Crippen LogP contribution in [0.3, 0.4) is 0 Å². The molecule has 2 saturated heterocycles. The van der Waals surface area contributed by atoms with Crippen LogP contribution >= 0.6 is 7.67 Å². The second-order valence-electron chi connectivity index (χ2n) is 1.70. The third-order valence-electron chi connectivity index (χ3n) is 1.03. The molecule has 0 bridgehead atoms. The Morgan fingerprint density at radius 2 is 1.70 bits per heavy atom. The molecule has 0 radical (unpaired) electrons. The Hall–Kier alpha value is 1.11. The molecule has 0 aromatic rings. The van der Waals surface area contributed by atoms with Crippen LogP contribution in [0.15, 0.2) is 0 Å². The van der Waals surface area contributed by atoms with Crippen molar-refractivity contribution in [3.63, 3.8) is 0 Å². The first-order valence-corrected chi connectivity index (χ1v) is 3.84. The van der Waals surface area contributed by atoms with Gasteiger partial charge in [-0.15, -0.1) is 0 Å². The standard InChI is InChI=1S/C4H9N2O2P.Na/c7-9(8,5-1-2-5)6-3-4-6;/h1-4H2,(H,7,8);/q;+1/p-1/i1D,2D2,3D,4D2;. The molecule has 2 rings (SSSR count). The number of hydrogen-bond donors (Lipinski definition) is 0. The van der Waals surface area contributed by atoms with Gasteiger partial charge in [-0.05, 0) is 0 Å². The maximum absolute atomic E-state index is 11.6. The van der Waals surface area contributed by atoms with E-state index >= 15 is 0 Å². The first-order valence-electron chi connectivity index (χ1n) is 5.46. The van der Waals surface area contributed by atoms with E-state index in [-0.39, 0.29) is 38.9 Å². The van der Waals surface area contributed by atoms with Crippen molar-refractivity contribution in [3.8, 4) is 0 Å². The van der Waals surface area contributed by atoms with E-state index in [0.717, 1.165) is 0 Å². The summed E-state index contributed by atoms with van der Waals surface area (Å²) in [6.07, 6.45) is 0. The Bertz CT molecular complexity index is 338. The van der Waals surface area contributed by atoms with E-state index in [2.05, 4.69) is 0 Å². The van der Waals surface area contributed by atoms with E-state index in [9.17, 15) is 9.46 Å². The minimum absolute atomic E-state index is 0. The van der Waals surface area contributed by atoms with Crippen molar-refractivity contribution in [2.24, 2.45) is 0 Å². The van der Waals surface area contributed by atoms with Crippen molar-refractivity contribution >= 4 is 7.67 Å². The molecule has 0 spiro atoms. The first kappa shape index (κ1) is 3.88. The van der Waals surface area contributed by atoms with Crippen LogP contribution in [-0.4, -0.2) is 35.4 Å². The number of nitrogens with zero attached hydrogens (tertiary/aromatic N) is 2. The van der Waals surface area contributed by atoms with Crippen LogP contribution in [0.5, 0.6) is 0 Å². The van der Waals surface area contributed by atoms with E-state index in [0.29, 0.717) is 0 Å². The summed E-state index contributed by atoms with van der Waals surface area (Å²) in [5.74, 6) is 0. The molecule has 0 aliphatic carbocycles. The fourth-order valence-corrected chi connectivity index (χ4v) is 1.34.